The number of carbonyl (C=O) groups excluding carboxylic acids is 7. The maximum Gasteiger partial charge on any atom is 0.282 e. The molecular weight excluding hydrogens is 686 g/mol. The number of quaternary nitrogens is 1. The zero-order chi connectivity index (χ0) is 38.5. The molecule has 284 valence electrons. The number of Topliss-reactive ketones (excluding diaryl/α,β-unsaturated/α-hetero) is 1. The number of amides is 1. The molecule has 0 aliphatic heterocycles. The van der Waals surface area contributed by atoms with E-state index in [1.165, 1.54) is 29.7 Å². The van der Waals surface area contributed by atoms with Crippen molar-refractivity contribution in [3.05, 3.63) is 48.5 Å². The summed E-state index contributed by atoms with van der Waals surface area (Å²) in [6.07, 6.45) is 1.37. The molecule has 0 spiro atoms. The molecule has 52 heavy (non-hydrogen) atoms. The lowest BCUT2D eigenvalue weighted by Crippen LogP contribution is -2.66. The summed E-state index contributed by atoms with van der Waals surface area (Å²) in [6, 6.07) is 12.5. The Bertz CT molecular complexity index is 1460. The first-order valence-electron chi connectivity index (χ1n) is 16.0. The highest BCUT2D eigenvalue weighted by atomic mass is 16.6. The fourth-order valence-electron chi connectivity index (χ4n) is 5.05. The van der Waals surface area contributed by atoms with Gasteiger partial charge in [0.25, 0.3) is 5.91 Å². The molecular formula is C34H41N5O13-4. The molecule has 0 fully saturated rings. The van der Waals surface area contributed by atoms with Crippen molar-refractivity contribution >= 4 is 48.2 Å². The second-order valence-electron chi connectivity index (χ2n) is 11.7. The van der Waals surface area contributed by atoms with E-state index in [0.29, 0.717) is 36.3 Å². The number of nitrogens with zero attached hydrogens (tertiary/aromatic N) is 3. The fourth-order valence-corrected chi connectivity index (χ4v) is 5.05. The van der Waals surface area contributed by atoms with Crippen molar-refractivity contribution < 1.29 is 68.8 Å². The number of hydrogen-bond donors (Lipinski definition) is 2. The Morgan fingerprint density at radius 1 is 0.827 bits per heavy atom. The summed E-state index contributed by atoms with van der Waals surface area (Å²) < 4.78 is 15.5. The van der Waals surface area contributed by atoms with Gasteiger partial charge in [-0.3, -0.25) is 14.6 Å². The van der Waals surface area contributed by atoms with Crippen molar-refractivity contribution in [2.24, 2.45) is 0 Å². The summed E-state index contributed by atoms with van der Waals surface area (Å²) in [6.45, 7) is 0.0974. The predicted molar refractivity (Wildman–Crippen MR) is 174 cm³/mol. The van der Waals surface area contributed by atoms with Crippen molar-refractivity contribution in [2.75, 3.05) is 64.7 Å². The van der Waals surface area contributed by atoms with Gasteiger partial charge in [0.05, 0.1) is 23.9 Å². The number of carboxylic acids is 3. The summed E-state index contributed by atoms with van der Waals surface area (Å²) in [4.78, 5) is 83.2. The third kappa shape index (κ3) is 16.5. The van der Waals surface area contributed by atoms with E-state index in [2.05, 4.69) is 11.1 Å². The standard InChI is InChI=1S/C34H43N5O13/c1-24(42)5-4-7-29(35)34(49)36-30-8-3-2-6-28(30)25-9-11-27(12-10-25)52-19-26(39(20-50-22-40)21-51-23-41)15-37(16-31(43)44)13-14-38(17-32(45)46)18-33(47)48/h2-3,6,8-12,26,29H,4-5,7,13-21,35H2,1H3,(H,36,49)(H,43,44)(H,45,46)(H,47,48)/q-2/p-2. The topological polar surface area (TPSA) is 266 Å². The smallest absolute Gasteiger partial charge is 0.282 e. The minimum absolute atomic E-state index is 0.0410. The van der Waals surface area contributed by atoms with Gasteiger partial charge in [0.1, 0.15) is 31.6 Å². The highest BCUT2D eigenvalue weighted by Crippen LogP contribution is 2.29. The Morgan fingerprint density at radius 2 is 1.38 bits per heavy atom. The molecule has 0 aliphatic rings. The Labute approximate surface area is 300 Å². The average Bonchev–Trinajstić information content (AvgIpc) is 3.08. The molecule has 18 nitrogen and oxygen atoms in total. The normalized spacial score (nSPS) is 12.2. The monoisotopic (exact) mass is 727 g/mol. The quantitative estimate of drug-likeness (QED) is 0.0619. The van der Waals surface area contributed by atoms with Crippen molar-refractivity contribution in [1.29, 1.82) is 0 Å². The van der Waals surface area contributed by atoms with Crippen LogP contribution >= 0.6 is 0 Å². The molecule has 0 radical (unpaired) electrons. The second kappa shape index (κ2) is 23.1. The highest BCUT2D eigenvalue weighted by Gasteiger charge is 2.24. The van der Waals surface area contributed by atoms with Gasteiger partial charge >= 0.3 is 0 Å². The molecule has 2 unspecified atom stereocenters. The van der Waals surface area contributed by atoms with Gasteiger partial charge < -0.3 is 69.3 Å². The number of carbonyl (C=O) groups is 5. The van der Waals surface area contributed by atoms with Crippen LogP contribution < -0.4 is 31.1 Å². The van der Waals surface area contributed by atoms with Crippen LogP contribution in [0.1, 0.15) is 26.2 Å². The lowest BCUT2D eigenvalue weighted by molar-refractivity contribution is -0.404. The van der Waals surface area contributed by atoms with Crippen LogP contribution in [0.25, 0.3) is 11.1 Å². The largest absolute Gasteiger partial charge is 0.642 e. The SMILES string of the molecule is CC(=O)CCCC([NH3+])C(=O)Nc1ccccc1-c1ccc(OCC(CN(CCN(CC(=O)[O-])CC(=O)[O-])CC(=O)[O-])N(CO[C-]=O)CO[C-]=O)cc1. The lowest BCUT2D eigenvalue weighted by atomic mass is 10.0. The highest BCUT2D eigenvalue weighted by molar-refractivity contribution is 5.97. The molecule has 4 N–H and O–H groups in total. The van der Waals surface area contributed by atoms with E-state index in [-0.39, 0.29) is 37.9 Å². The number of ether oxygens (including phenoxy) is 3. The van der Waals surface area contributed by atoms with E-state index in [1.807, 2.05) is 6.07 Å². The van der Waals surface area contributed by atoms with Gasteiger partial charge in [0.15, 0.2) is 6.04 Å². The molecule has 2 atom stereocenters. The van der Waals surface area contributed by atoms with Gasteiger partial charge in [0.2, 0.25) is 0 Å². The van der Waals surface area contributed by atoms with Crippen molar-refractivity contribution in [1.82, 2.24) is 14.7 Å². The Balaban J connectivity index is 2.25. The van der Waals surface area contributed by atoms with Crippen LogP contribution in [0.15, 0.2) is 48.5 Å². The molecule has 0 aliphatic carbocycles. The predicted octanol–water partition coefficient (Wildman–Crippen LogP) is -4.35. The first-order valence-corrected chi connectivity index (χ1v) is 16.0. The van der Waals surface area contributed by atoms with Crippen LogP contribution in [0.3, 0.4) is 0 Å². The number of para-hydroxylation sites is 1. The number of hydrogen-bond acceptors (Lipinski definition) is 16. The van der Waals surface area contributed by atoms with E-state index >= 15 is 0 Å². The van der Waals surface area contributed by atoms with E-state index in [9.17, 15) is 48.9 Å². The van der Waals surface area contributed by atoms with Crippen LogP contribution in [0, 0.1) is 0 Å². The first-order chi connectivity index (χ1) is 24.8. The van der Waals surface area contributed by atoms with Crippen LogP contribution in [-0.4, -0.2) is 129 Å². The second-order valence-corrected chi connectivity index (χ2v) is 11.7. The summed E-state index contributed by atoms with van der Waals surface area (Å²) in [5, 5.41) is 36.7. The average molecular weight is 728 g/mol. The van der Waals surface area contributed by atoms with Crippen LogP contribution in [0.4, 0.5) is 5.69 Å². The minimum atomic E-state index is -1.56. The number of aliphatic carboxylic acids is 3. The number of benzene rings is 2. The third-order valence-corrected chi connectivity index (χ3v) is 7.60. The van der Waals surface area contributed by atoms with E-state index in [4.69, 9.17) is 14.2 Å². The third-order valence-electron chi connectivity index (χ3n) is 7.60. The first kappa shape index (κ1) is 42.7. The molecule has 2 aromatic carbocycles. The van der Waals surface area contributed by atoms with E-state index in [0.717, 1.165) is 10.5 Å². The Hall–Kier alpha value is -5.43. The number of carboxylic acid groups (broad SMARTS) is 3. The molecule has 0 heterocycles. The van der Waals surface area contributed by atoms with Crippen molar-refractivity contribution in [2.45, 2.75) is 38.3 Å². The van der Waals surface area contributed by atoms with Gasteiger partial charge in [-0.2, -0.15) is 0 Å². The zero-order valence-corrected chi connectivity index (χ0v) is 28.6. The number of rotatable bonds is 28. The van der Waals surface area contributed by atoms with Gasteiger partial charge in [-0.1, -0.05) is 43.3 Å². The fraction of sp³-hybridized carbons (Fsp3) is 0.441. The van der Waals surface area contributed by atoms with Crippen LogP contribution in [-0.2, 0) is 43.0 Å². The van der Waals surface area contributed by atoms with E-state index in [1.54, 1.807) is 42.5 Å². The molecule has 2 rings (SSSR count). The van der Waals surface area contributed by atoms with Gasteiger partial charge in [0, 0.05) is 63.4 Å². The summed E-state index contributed by atoms with van der Waals surface area (Å²) in [7, 11) is 0. The molecule has 18 heteroatoms. The Morgan fingerprint density at radius 3 is 1.94 bits per heavy atom. The molecule has 0 saturated heterocycles. The molecule has 0 bridgehead atoms. The maximum absolute atomic E-state index is 12.8. The van der Waals surface area contributed by atoms with Crippen LogP contribution in [0.2, 0.25) is 0 Å². The van der Waals surface area contributed by atoms with E-state index < -0.39 is 63.1 Å². The van der Waals surface area contributed by atoms with Gasteiger partial charge in [-0.15, -0.1) is 0 Å². The lowest BCUT2D eigenvalue weighted by Gasteiger charge is -2.37. The summed E-state index contributed by atoms with van der Waals surface area (Å²) in [5.74, 6) is -4.52. The number of anilines is 1. The molecule has 2 aromatic rings. The molecule has 1 amide bonds. The van der Waals surface area contributed by atoms with Crippen molar-refractivity contribution in [3.8, 4) is 16.9 Å². The van der Waals surface area contributed by atoms with Crippen LogP contribution in [0.5, 0.6) is 5.75 Å². The summed E-state index contributed by atoms with van der Waals surface area (Å²) in [5.41, 5.74) is 5.89. The molecule has 0 aromatic heterocycles. The van der Waals surface area contributed by atoms with Crippen molar-refractivity contribution in [3.63, 3.8) is 0 Å². The minimum Gasteiger partial charge on any atom is -0.642 e. The number of ketones is 1. The number of nitrogens with one attached hydrogen (secondary N) is 1. The van der Waals surface area contributed by atoms with Gasteiger partial charge in [-0.05, 0) is 37.1 Å². The molecule has 0 saturated carbocycles. The van der Waals surface area contributed by atoms with Gasteiger partial charge in [-0.25, -0.2) is 4.90 Å². The maximum atomic E-state index is 12.8. The zero-order valence-electron chi connectivity index (χ0n) is 28.6. The Kier molecular flexibility index (Phi) is 19.0. The summed E-state index contributed by atoms with van der Waals surface area (Å²) >= 11 is 0.